The molecule has 0 aliphatic carbocycles. The van der Waals surface area contributed by atoms with Gasteiger partial charge in [-0.1, -0.05) is 7.60 Å². The van der Waals surface area contributed by atoms with Crippen LogP contribution in [0.2, 0.25) is 0 Å². The van der Waals surface area contributed by atoms with Gasteiger partial charge in [0.1, 0.15) is 7.60 Å². The molecule has 1 unspecified atom stereocenters. The van der Waals surface area contributed by atoms with E-state index in [2.05, 4.69) is 0 Å². The first-order valence-electron chi connectivity index (χ1n) is 3.79. The molecule has 1 atom stereocenters. The van der Waals surface area contributed by atoms with E-state index in [9.17, 15) is 23.8 Å². The SMILES string of the molecule is CC(C)N(CP(=O)([O-])[O-])CP(=O)([O-])O.[K+].[K+].[K+]. The van der Waals surface area contributed by atoms with Crippen molar-refractivity contribution < 1.29 is 183 Å². The molecule has 0 aromatic carbocycles. The van der Waals surface area contributed by atoms with E-state index in [1.54, 1.807) is 0 Å². The molecule has 0 saturated heterocycles. The summed E-state index contributed by atoms with van der Waals surface area (Å²) in [6, 6.07) is -0.458. The summed E-state index contributed by atoms with van der Waals surface area (Å²) in [5.74, 6) is 0. The molecule has 0 amide bonds. The van der Waals surface area contributed by atoms with Crippen molar-refractivity contribution in [1.82, 2.24) is 4.90 Å². The zero-order valence-electron chi connectivity index (χ0n) is 10.8. The molecular formula is C5H12K3NO6P2. The van der Waals surface area contributed by atoms with Gasteiger partial charge in [0.05, 0.1) is 6.29 Å². The standard InChI is InChI=1S/C5H15NO6P2.3K/c1-5(2)6(3-13(7,8)9)4-14(10,11)12;;;/h5H,3-4H2,1-2H3,(H2,7,8,9)(H2,10,11,12);;;/q;3*+1/p-3. The first-order valence-corrected chi connectivity index (χ1v) is 7.28. The summed E-state index contributed by atoms with van der Waals surface area (Å²) in [4.78, 5) is 40.6. The van der Waals surface area contributed by atoms with Gasteiger partial charge < -0.3 is 28.7 Å². The van der Waals surface area contributed by atoms with Crippen LogP contribution in [-0.4, -0.2) is 28.4 Å². The summed E-state index contributed by atoms with van der Waals surface area (Å²) < 4.78 is 20.9. The van der Waals surface area contributed by atoms with Crippen LogP contribution >= 0.6 is 15.2 Å². The third-order valence-electron chi connectivity index (χ3n) is 1.45. The van der Waals surface area contributed by atoms with Gasteiger partial charge in [-0.15, -0.1) is 0 Å². The second-order valence-electron chi connectivity index (χ2n) is 3.21. The van der Waals surface area contributed by atoms with Crippen LogP contribution in [0.3, 0.4) is 0 Å². The zero-order valence-corrected chi connectivity index (χ0v) is 22.0. The molecule has 0 heterocycles. The van der Waals surface area contributed by atoms with E-state index >= 15 is 0 Å². The molecule has 0 radical (unpaired) electrons. The molecule has 0 rings (SSSR count). The third-order valence-corrected chi connectivity index (χ3v) is 2.88. The molecule has 0 aliphatic heterocycles. The quantitative estimate of drug-likeness (QED) is 0.380. The largest absolute Gasteiger partial charge is 1.00 e. The van der Waals surface area contributed by atoms with Crippen LogP contribution in [0.15, 0.2) is 0 Å². The summed E-state index contributed by atoms with van der Waals surface area (Å²) in [7, 11) is -9.39. The summed E-state index contributed by atoms with van der Waals surface area (Å²) in [5.41, 5.74) is 0. The van der Waals surface area contributed by atoms with Gasteiger partial charge in [-0.05, 0) is 13.8 Å². The molecule has 0 fully saturated rings. The summed E-state index contributed by atoms with van der Waals surface area (Å²) in [6.45, 7) is 3.04. The minimum atomic E-state index is -4.81. The van der Waals surface area contributed by atoms with Gasteiger partial charge in [-0.2, -0.15) is 0 Å². The Morgan fingerprint density at radius 1 is 1.06 bits per heavy atom. The zero-order chi connectivity index (χ0) is 11.6. The van der Waals surface area contributed by atoms with Crippen molar-refractivity contribution in [2.45, 2.75) is 19.9 Å². The van der Waals surface area contributed by atoms with Gasteiger partial charge >= 0.3 is 154 Å². The third kappa shape index (κ3) is 21.2. The Morgan fingerprint density at radius 2 is 1.41 bits per heavy atom. The Balaban J connectivity index is -0.000000282. The molecule has 0 bridgehead atoms. The molecule has 0 spiro atoms. The molecular weight excluding hydrogens is 349 g/mol. The van der Waals surface area contributed by atoms with Crippen LogP contribution in [-0.2, 0) is 9.13 Å². The average Bonchev–Trinajstić information content (AvgIpc) is 1.78. The Kier molecular flexibility index (Phi) is 24.1. The van der Waals surface area contributed by atoms with Gasteiger partial charge in [0, 0.05) is 12.3 Å². The Hall–Kier alpha value is 5.17. The second-order valence-corrected chi connectivity index (χ2v) is 6.28. The minimum Gasteiger partial charge on any atom is -0.810 e. The molecule has 1 N–H and O–H groups in total. The van der Waals surface area contributed by atoms with Crippen molar-refractivity contribution in [1.29, 1.82) is 0 Å². The first-order chi connectivity index (χ1) is 6.01. The van der Waals surface area contributed by atoms with Crippen LogP contribution in [0.1, 0.15) is 13.8 Å². The van der Waals surface area contributed by atoms with E-state index in [0.29, 0.717) is 0 Å². The Morgan fingerprint density at radius 3 is 1.59 bits per heavy atom. The van der Waals surface area contributed by atoms with E-state index < -0.39 is 33.8 Å². The van der Waals surface area contributed by atoms with Crippen molar-refractivity contribution >= 4 is 15.2 Å². The molecule has 17 heavy (non-hydrogen) atoms. The first kappa shape index (κ1) is 30.1. The average molecular weight is 361 g/mol. The predicted molar refractivity (Wildman–Crippen MR) is 44.1 cm³/mol. The fraction of sp³-hybridized carbons (Fsp3) is 1.00. The minimum absolute atomic E-state index is 0. The molecule has 0 aliphatic rings. The maximum atomic E-state index is 10.5. The van der Waals surface area contributed by atoms with Crippen molar-refractivity contribution in [3.8, 4) is 0 Å². The van der Waals surface area contributed by atoms with Gasteiger partial charge in [-0.3, -0.25) is 4.90 Å². The van der Waals surface area contributed by atoms with Gasteiger partial charge in [0.25, 0.3) is 0 Å². The number of rotatable bonds is 5. The van der Waals surface area contributed by atoms with Crippen molar-refractivity contribution in [2.75, 3.05) is 12.6 Å². The summed E-state index contributed by atoms with van der Waals surface area (Å²) in [5, 5.41) is 0. The van der Waals surface area contributed by atoms with Gasteiger partial charge in [0.15, 0.2) is 0 Å². The number of hydrogen-bond donors (Lipinski definition) is 1. The van der Waals surface area contributed by atoms with Crippen LogP contribution < -0.4 is 169 Å². The van der Waals surface area contributed by atoms with Gasteiger partial charge in [0.2, 0.25) is 0 Å². The smallest absolute Gasteiger partial charge is 0.810 e. The summed E-state index contributed by atoms with van der Waals surface area (Å²) in [6.07, 6.45) is -1.74. The second kappa shape index (κ2) is 13.6. The maximum Gasteiger partial charge on any atom is 1.00 e. The normalized spacial score (nSPS) is 14.4. The van der Waals surface area contributed by atoms with E-state index in [0.717, 1.165) is 4.90 Å². The van der Waals surface area contributed by atoms with Gasteiger partial charge in [-0.25, -0.2) is 0 Å². The Labute approximate surface area is 229 Å². The summed E-state index contributed by atoms with van der Waals surface area (Å²) >= 11 is 0. The molecule has 86 valence electrons. The van der Waals surface area contributed by atoms with E-state index in [4.69, 9.17) is 4.89 Å². The molecule has 7 nitrogen and oxygen atoms in total. The fourth-order valence-electron chi connectivity index (χ4n) is 0.823. The fourth-order valence-corrected chi connectivity index (χ4v) is 2.74. The van der Waals surface area contributed by atoms with Crippen LogP contribution in [0, 0.1) is 0 Å². The van der Waals surface area contributed by atoms with Crippen molar-refractivity contribution in [2.24, 2.45) is 0 Å². The Bertz CT molecular complexity index is 255. The van der Waals surface area contributed by atoms with Crippen LogP contribution in [0.5, 0.6) is 0 Å². The monoisotopic (exact) mass is 361 g/mol. The number of nitrogens with zero attached hydrogens (tertiary/aromatic N) is 1. The van der Waals surface area contributed by atoms with E-state index in [1.165, 1.54) is 13.8 Å². The molecule has 12 heteroatoms. The van der Waals surface area contributed by atoms with E-state index in [1.807, 2.05) is 0 Å². The van der Waals surface area contributed by atoms with Crippen molar-refractivity contribution in [3.63, 3.8) is 0 Å². The van der Waals surface area contributed by atoms with Crippen LogP contribution in [0.4, 0.5) is 0 Å². The molecule has 0 aromatic heterocycles. The van der Waals surface area contributed by atoms with Crippen LogP contribution in [0.25, 0.3) is 0 Å². The molecule has 0 saturated carbocycles. The predicted octanol–water partition coefficient (Wildman–Crippen LogP) is -10.9. The van der Waals surface area contributed by atoms with Crippen molar-refractivity contribution in [3.05, 3.63) is 0 Å². The molecule has 0 aromatic rings. The van der Waals surface area contributed by atoms with E-state index in [-0.39, 0.29) is 154 Å². The topological polar surface area (TPSA) is 127 Å². The number of hydrogen-bond acceptors (Lipinski definition) is 6. The maximum absolute atomic E-state index is 10.5.